The molecule has 14 rings (SSSR count). The zero-order valence-electron chi connectivity index (χ0n) is 39.4. The van der Waals surface area contributed by atoms with E-state index >= 15 is 0 Å². The van der Waals surface area contributed by atoms with Crippen LogP contribution in [0, 0.1) is 0 Å². The van der Waals surface area contributed by atoms with Gasteiger partial charge >= 0.3 is 0 Å². The molecule has 11 aromatic carbocycles. The van der Waals surface area contributed by atoms with Gasteiger partial charge in [0, 0.05) is 39.3 Å². The number of hydrogen-bond donors (Lipinski definition) is 0. The van der Waals surface area contributed by atoms with Crippen LogP contribution in [-0.4, -0.2) is 4.57 Å². The molecule has 2 aliphatic rings. The Balaban J connectivity index is 0.881. The van der Waals surface area contributed by atoms with E-state index in [0.717, 1.165) is 34.5 Å². The van der Waals surface area contributed by atoms with Gasteiger partial charge in [0.2, 0.25) is 0 Å². The molecule has 2 nitrogen and oxygen atoms in total. The third-order valence-corrected chi connectivity index (χ3v) is 15.4. The van der Waals surface area contributed by atoms with Crippen LogP contribution >= 0.6 is 0 Å². The first-order valence-corrected chi connectivity index (χ1v) is 24.9. The summed E-state index contributed by atoms with van der Waals surface area (Å²) in [6, 6.07) is 94.4. The van der Waals surface area contributed by atoms with Crippen LogP contribution in [0.4, 0.5) is 17.1 Å². The highest BCUT2D eigenvalue weighted by atomic mass is 15.1. The minimum Gasteiger partial charge on any atom is -0.310 e. The van der Waals surface area contributed by atoms with E-state index in [-0.39, 0.29) is 0 Å². The molecule has 0 aliphatic heterocycles. The lowest BCUT2D eigenvalue weighted by atomic mass is 9.95. The minimum absolute atomic E-state index is 0.316. The summed E-state index contributed by atoms with van der Waals surface area (Å²) in [6.07, 6.45) is 0.961. The van der Waals surface area contributed by atoms with Gasteiger partial charge < -0.3 is 9.47 Å². The average Bonchev–Trinajstić information content (AvgIpc) is 3.98. The number of fused-ring (bicyclic) bond motifs is 13. The Bertz CT molecular complexity index is 4030. The van der Waals surface area contributed by atoms with Gasteiger partial charge in [0.1, 0.15) is 0 Å². The van der Waals surface area contributed by atoms with Crippen LogP contribution in [0.1, 0.15) is 35.1 Å². The summed E-state index contributed by atoms with van der Waals surface area (Å²) in [7, 11) is 0. The molecule has 0 N–H and O–H groups in total. The van der Waals surface area contributed by atoms with Gasteiger partial charge in [-0.15, -0.1) is 0 Å². The second kappa shape index (κ2) is 16.6. The highest BCUT2D eigenvalue weighted by Gasteiger charge is 2.30. The van der Waals surface area contributed by atoms with E-state index in [4.69, 9.17) is 0 Å². The lowest BCUT2D eigenvalue weighted by Gasteiger charge is -2.28. The first kappa shape index (κ1) is 41.0. The first-order valence-electron chi connectivity index (χ1n) is 24.9. The zero-order valence-corrected chi connectivity index (χ0v) is 39.4. The molecule has 71 heavy (non-hydrogen) atoms. The van der Waals surface area contributed by atoms with E-state index in [1.807, 2.05) is 0 Å². The summed E-state index contributed by atoms with van der Waals surface area (Å²) < 4.78 is 2.45. The van der Waals surface area contributed by atoms with Crippen molar-refractivity contribution in [2.75, 3.05) is 4.90 Å². The van der Waals surface area contributed by atoms with Crippen molar-refractivity contribution in [2.24, 2.45) is 0 Å². The lowest BCUT2D eigenvalue weighted by molar-refractivity contribution is 0.956. The Kier molecular flexibility index (Phi) is 9.60. The molecule has 0 spiro atoms. The van der Waals surface area contributed by atoms with E-state index < -0.39 is 0 Å². The molecular formula is C69H48N2. The molecule has 1 heterocycles. The Morgan fingerprint density at radius 2 is 0.803 bits per heavy atom. The SMILES string of the molecule is CC1c2ccccc2-c2c1cccc2N(c1ccc(-c2ccc(-n3c4ccccc4c4ccccc4c4ccccc4c4ccccc43)cc2)cc1)c1ccc(-c2cccc3c2Cc2ccccc2-3)cc1. The summed E-state index contributed by atoms with van der Waals surface area (Å²) >= 11 is 0. The van der Waals surface area contributed by atoms with Gasteiger partial charge in [-0.05, 0) is 144 Å². The largest absolute Gasteiger partial charge is 0.310 e. The number of hydrogen-bond acceptors (Lipinski definition) is 1. The second-order valence-electron chi connectivity index (χ2n) is 19.2. The molecule has 0 radical (unpaired) electrons. The standard InChI is InChI=1S/C69H48N2/c1-45-53-17-4-9-25-64(53)69-54(45)26-15-31-68(69)70(51-42-36-48(37-43-51)55-27-14-28-57-56-18-3-2-16-49(56)44-65(55)57)50-38-32-46(33-39-50)47-34-40-52(41-35-47)71-66-29-12-10-23-62(66)60-21-7-5-19-58(60)59-20-6-8-22-61(59)63-24-11-13-30-67(63)71/h2-43,45H,44H2,1H3. The van der Waals surface area contributed by atoms with E-state index in [1.165, 1.54) is 105 Å². The van der Waals surface area contributed by atoms with Crippen LogP contribution in [0.25, 0.3) is 93.5 Å². The van der Waals surface area contributed by atoms with Gasteiger partial charge in [-0.1, -0.05) is 207 Å². The molecule has 1 aromatic heterocycles. The topological polar surface area (TPSA) is 8.17 Å². The maximum atomic E-state index is 2.46. The summed E-state index contributed by atoms with van der Waals surface area (Å²) in [5, 5.41) is 7.31. The summed E-state index contributed by atoms with van der Waals surface area (Å²) in [5.41, 5.74) is 22.6. The molecule has 0 bridgehead atoms. The van der Waals surface area contributed by atoms with E-state index in [9.17, 15) is 0 Å². The molecule has 1 unspecified atom stereocenters. The average molecular weight is 905 g/mol. The maximum Gasteiger partial charge on any atom is 0.0543 e. The third kappa shape index (κ3) is 6.63. The number of para-hydroxylation sites is 2. The normalized spacial score (nSPS) is 13.2. The van der Waals surface area contributed by atoms with Crippen molar-refractivity contribution in [1.29, 1.82) is 0 Å². The molecule has 0 amide bonds. The first-order chi connectivity index (χ1) is 35.2. The zero-order chi connectivity index (χ0) is 47.0. The van der Waals surface area contributed by atoms with Gasteiger partial charge in [-0.25, -0.2) is 0 Å². The summed E-state index contributed by atoms with van der Waals surface area (Å²) in [6.45, 7) is 2.34. The van der Waals surface area contributed by atoms with Gasteiger partial charge in [0.15, 0.2) is 0 Å². The minimum atomic E-state index is 0.316. The predicted octanol–water partition coefficient (Wildman–Crippen LogP) is 18.7. The number of nitrogens with zero attached hydrogens (tertiary/aromatic N) is 2. The number of aromatic nitrogens is 1. The molecule has 0 fully saturated rings. The maximum absolute atomic E-state index is 2.46. The van der Waals surface area contributed by atoms with Crippen molar-refractivity contribution >= 4 is 60.4 Å². The van der Waals surface area contributed by atoms with Crippen LogP contribution in [0.15, 0.2) is 255 Å². The highest BCUT2D eigenvalue weighted by Crippen LogP contribution is 2.52. The third-order valence-electron chi connectivity index (χ3n) is 15.4. The number of rotatable bonds is 6. The molecule has 2 heteroatoms. The fourth-order valence-corrected chi connectivity index (χ4v) is 12.0. The van der Waals surface area contributed by atoms with E-state index in [2.05, 4.69) is 271 Å². The van der Waals surface area contributed by atoms with Gasteiger partial charge in [0.25, 0.3) is 0 Å². The molecule has 12 aromatic rings. The number of benzene rings is 11. The number of anilines is 3. The molecule has 0 saturated heterocycles. The van der Waals surface area contributed by atoms with Gasteiger partial charge in [-0.3, -0.25) is 0 Å². The fourth-order valence-electron chi connectivity index (χ4n) is 12.0. The van der Waals surface area contributed by atoms with Crippen molar-refractivity contribution in [3.8, 4) is 50.2 Å². The summed E-state index contributed by atoms with van der Waals surface area (Å²) in [5.74, 6) is 0.316. The van der Waals surface area contributed by atoms with Gasteiger partial charge in [0.05, 0.1) is 16.7 Å². The van der Waals surface area contributed by atoms with Crippen LogP contribution < -0.4 is 4.90 Å². The fraction of sp³-hybridized carbons (Fsp3) is 0.0435. The van der Waals surface area contributed by atoms with Crippen molar-refractivity contribution < 1.29 is 0 Å². The van der Waals surface area contributed by atoms with Crippen LogP contribution in [0.3, 0.4) is 0 Å². The smallest absolute Gasteiger partial charge is 0.0543 e. The van der Waals surface area contributed by atoms with E-state index in [0.29, 0.717) is 5.92 Å². The van der Waals surface area contributed by atoms with Crippen LogP contribution in [0.5, 0.6) is 0 Å². The Morgan fingerprint density at radius 1 is 0.352 bits per heavy atom. The van der Waals surface area contributed by atoms with Crippen molar-refractivity contribution in [2.45, 2.75) is 19.3 Å². The second-order valence-corrected chi connectivity index (χ2v) is 19.2. The predicted molar refractivity (Wildman–Crippen MR) is 300 cm³/mol. The molecule has 1 atom stereocenters. The quantitative estimate of drug-likeness (QED) is 0.161. The lowest BCUT2D eigenvalue weighted by Crippen LogP contribution is -2.11. The molecule has 0 saturated carbocycles. The summed E-state index contributed by atoms with van der Waals surface area (Å²) in [4.78, 5) is 2.46. The van der Waals surface area contributed by atoms with Crippen molar-refractivity contribution in [3.63, 3.8) is 0 Å². The molecule has 334 valence electrons. The monoisotopic (exact) mass is 904 g/mol. The van der Waals surface area contributed by atoms with Crippen LogP contribution in [0.2, 0.25) is 0 Å². The van der Waals surface area contributed by atoms with Gasteiger partial charge in [-0.2, -0.15) is 0 Å². The van der Waals surface area contributed by atoms with Crippen molar-refractivity contribution in [3.05, 3.63) is 277 Å². The molecular weight excluding hydrogens is 857 g/mol. The van der Waals surface area contributed by atoms with E-state index in [1.54, 1.807) is 0 Å². The van der Waals surface area contributed by atoms with Crippen molar-refractivity contribution in [1.82, 2.24) is 4.57 Å². The Hall–Kier alpha value is -8.98. The highest BCUT2D eigenvalue weighted by molar-refractivity contribution is 6.19. The Labute approximate surface area is 414 Å². The molecule has 2 aliphatic carbocycles. The Morgan fingerprint density at radius 3 is 1.44 bits per heavy atom. The van der Waals surface area contributed by atoms with Crippen LogP contribution in [-0.2, 0) is 6.42 Å².